The molecule has 2 aliphatic rings. The van der Waals surface area contributed by atoms with Gasteiger partial charge in [0.25, 0.3) is 0 Å². The Labute approximate surface area is 188 Å². The topological polar surface area (TPSA) is 83.0 Å². The van der Waals surface area contributed by atoms with Crippen LogP contribution in [0.4, 0.5) is 10.6 Å². The van der Waals surface area contributed by atoms with Crippen molar-refractivity contribution in [3.8, 4) is 0 Å². The highest BCUT2D eigenvalue weighted by Crippen LogP contribution is 2.37. The molecular weight excluding hydrogens is 406 g/mol. The molecule has 0 spiro atoms. The van der Waals surface area contributed by atoms with E-state index >= 15 is 0 Å². The van der Waals surface area contributed by atoms with Crippen LogP contribution in [0.3, 0.4) is 0 Å². The fourth-order valence-electron chi connectivity index (χ4n) is 4.50. The van der Waals surface area contributed by atoms with Gasteiger partial charge in [-0.2, -0.15) is 0 Å². The molecule has 1 atom stereocenters. The molecule has 2 saturated heterocycles. The number of piperidine rings is 1. The summed E-state index contributed by atoms with van der Waals surface area (Å²) >= 11 is 0. The third kappa shape index (κ3) is 4.53. The number of carbonyl (C=O) groups is 2. The number of anilines is 1. The molecule has 7 heteroatoms. The predicted octanol–water partition coefficient (Wildman–Crippen LogP) is 3.50. The number of ether oxygens (including phenoxy) is 1. The monoisotopic (exact) mass is 435 g/mol. The first-order chi connectivity index (χ1) is 15.4. The molecule has 2 fully saturated rings. The standard InChI is InChI=1S/C25H29N3O4/c1-25(2)21(15-18-7-4-3-5-8-18)28(24(30)31)17-19(23(25)29)16-20-9-6-10-22(26-20)27-11-13-32-14-12-27/h3-10,16,21H,11-15,17H2,1-2H3,(H,30,31)/b19-16+. The zero-order valence-corrected chi connectivity index (χ0v) is 18.5. The van der Waals surface area contributed by atoms with Crippen molar-refractivity contribution in [2.75, 3.05) is 37.7 Å². The lowest BCUT2D eigenvalue weighted by Gasteiger charge is -2.45. The molecule has 0 saturated carbocycles. The molecular formula is C25H29N3O4. The number of hydrogen-bond donors (Lipinski definition) is 1. The average Bonchev–Trinajstić information content (AvgIpc) is 2.80. The van der Waals surface area contributed by atoms with Gasteiger partial charge < -0.3 is 14.7 Å². The molecule has 1 N–H and O–H groups in total. The number of likely N-dealkylation sites (tertiary alicyclic amines) is 1. The van der Waals surface area contributed by atoms with Gasteiger partial charge in [-0.3, -0.25) is 9.69 Å². The molecule has 32 heavy (non-hydrogen) atoms. The Balaban J connectivity index is 1.63. The highest BCUT2D eigenvalue weighted by molar-refractivity contribution is 6.05. The van der Waals surface area contributed by atoms with Gasteiger partial charge in [-0.25, -0.2) is 9.78 Å². The summed E-state index contributed by atoms with van der Waals surface area (Å²) in [5.41, 5.74) is 1.27. The molecule has 0 radical (unpaired) electrons. The van der Waals surface area contributed by atoms with Crippen molar-refractivity contribution in [2.45, 2.75) is 26.3 Å². The van der Waals surface area contributed by atoms with Crippen molar-refractivity contribution >= 4 is 23.8 Å². The van der Waals surface area contributed by atoms with E-state index in [1.54, 1.807) is 6.08 Å². The molecule has 3 heterocycles. The van der Waals surface area contributed by atoms with Crippen molar-refractivity contribution in [1.29, 1.82) is 0 Å². The van der Waals surface area contributed by atoms with E-state index in [9.17, 15) is 14.7 Å². The lowest BCUT2D eigenvalue weighted by atomic mass is 9.71. The molecule has 4 rings (SSSR count). The largest absolute Gasteiger partial charge is 0.465 e. The lowest BCUT2D eigenvalue weighted by Crippen LogP contribution is -2.58. The number of Topliss-reactive ketones (excluding diaryl/α,β-unsaturated/α-hetero) is 1. The van der Waals surface area contributed by atoms with Crippen LogP contribution in [0.1, 0.15) is 25.1 Å². The van der Waals surface area contributed by atoms with E-state index in [2.05, 4.69) is 4.90 Å². The minimum absolute atomic E-state index is 0.0329. The summed E-state index contributed by atoms with van der Waals surface area (Å²) in [5, 5.41) is 9.96. The van der Waals surface area contributed by atoms with Gasteiger partial charge in [0.2, 0.25) is 0 Å². The van der Waals surface area contributed by atoms with Crippen LogP contribution >= 0.6 is 0 Å². The smallest absolute Gasteiger partial charge is 0.407 e. The first kappa shape index (κ1) is 22.0. The maximum absolute atomic E-state index is 13.5. The number of benzene rings is 1. The van der Waals surface area contributed by atoms with Crippen LogP contribution in [0, 0.1) is 5.41 Å². The van der Waals surface area contributed by atoms with Crippen molar-refractivity contribution in [3.63, 3.8) is 0 Å². The van der Waals surface area contributed by atoms with Crippen LogP contribution in [-0.4, -0.2) is 65.8 Å². The summed E-state index contributed by atoms with van der Waals surface area (Å²) in [4.78, 5) is 33.9. The minimum atomic E-state index is -1.02. The van der Waals surface area contributed by atoms with Crippen LogP contribution in [0.2, 0.25) is 0 Å². The number of ketones is 1. The Morgan fingerprint density at radius 2 is 1.88 bits per heavy atom. The average molecular weight is 436 g/mol. The zero-order valence-electron chi connectivity index (χ0n) is 18.5. The molecule has 1 aromatic heterocycles. The van der Waals surface area contributed by atoms with Gasteiger partial charge in [0.1, 0.15) is 5.82 Å². The summed E-state index contributed by atoms with van der Waals surface area (Å²) in [5.74, 6) is 0.803. The van der Waals surface area contributed by atoms with E-state index in [0.29, 0.717) is 30.9 Å². The van der Waals surface area contributed by atoms with Gasteiger partial charge in [0.05, 0.1) is 31.5 Å². The fraction of sp³-hybridized carbons (Fsp3) is 0.400. The predicted molar refractivity (Wildman–Crippen MR) is 123 cm³/mol. The number of aromatic nitrogens is 1. The first-order valence-electron chi connectivity index (χ1n) is 10.9. The summed E-state index contributed by atoms with van der Waals surface area (Å²) in [6.07, 6.45) is 1.21. The van der Waals surface area contributed by atoms with Crippen molar-refractivity contribution in [3.05, 3.63) is 65.4 Å². The minimum Gasteiger partial charge on any atom is -0.465 e. The summed E-state index contributed by atoms with van der Waals surface area (Å²) in [6.45, 7) is 6.59. The zero-order chi connectivity index (χ0) is 22.7. The maximum atomic E-state index is 13.5. The lowest BCUT2D eigenvalue weighted by molar-refractivity contribution is -0.129. The van der Waals surface area contributed by atoms with Gasteiger partial charge >= 0.3 is 6.09 Å². The molecule has 1 aromatic carbocycles. The molecule has 168 valence electrons. The van der Waals surface area contributed by atoms with E-state index in [0.717, 1.165) is 24.5 Å². The molecule has 1 amide bonds. The molecule has 2 aromatic rings. The van der Waals surface area contributed by atoms with E-state index in [4.69, 9.17) is 9.72 Å². The van der Waals surface area contributed by atoms with Gasteiger partial charge in [0, 0.05) is 24.1 Å². The number of hydrogen-bond acceptors (Lipinski definition) is 5. The number of pyridine rings is 1. The highest BCUT2D eigenvalue weighted by atomic mass is 16.5. The molecule has 0 aliphatic carbocycles. The number of amides is 1. The van der Waals surface area contributed by atoms with Crippen molar-refractivity contribution in [2.24, 2.45) is 5.41 Å². The second kappa shape index (κ2) is 9.12. The third-order valence-corrected chi connectivity index (χ3v) is 6.36. The second-order valence-corrected chi connectivity index (χ2v) is 8.86. The summed E-state index contributed by atoms with van der Waals surface area (Å²) in [7, 11) is 0. The van der Waals surface area contributed by atoms with Gasteiger partial charge in [-0.1, -0.05) is 50.2 Å². The summed E-state index contributed by atoms with van der Waals surface area (Å²) in [6, 6.07) is 15.0. The Kier molecular flexibility index (Phi) is 6.28. The molecule has 7 nitrogen and oxygen atoms in total. The van der Waals surface area contributed by atoms with Crippen molar-refractivity contribution in [1.82, 2.24) is 9.88 Å². The summed E-state index contributed by atoms with van der Waals surface area (Å²) < 4.78 is 5.41. The number of carbonyl (C=O) groups excluding carboxylic acids is 1. The quantitative estimate of drug-likeness (QED) is 0.740. The molecule has 1 unspecified atom stereocenters. The third-order valence-electron chi connectivity index (χ3n) is 6.36. The van der Waals surface area contributed by atoms with Crippen LogP contribution < -0.4 is 4.90 Å². The van der Waals surface area contributed by atoms with Gasteiger partial charge in [-0.15, -0.1) is 0 Å². The van der Waals surface area contributed by atoms with Crippen LogP contribution in [0.25, 0.3) is 6.08 Å². The van der Waals surface area contributed by atoms with E-state index in [1.165, 1.54) is 4.90 Å². The fourth-order valence-corrected chi connectivity index (χ4v) is 4.50. The van der Waals surface area contributed by atoms with Crippen molar-refractivity contribution < 1.29 is 19.4 Å². The first-order valence-corrected chi connectivity index (χ1v) is 10.9. The maximum Gasteiger partial charge on any atom is 0.407 e. The SMILES string of the molecule is CC1(C)C(=O)/C(=C/c2cccc(N3CCOCC3)n2)CN(C(=O)O)C1Cc1ccccc1. The van der Waals surface area contributed by atoms with E-state index in [-0.39, 0.29) is 12.3 Å². The van der Waals surface area contributed by atoms with Gasteiger partial charge in [-0.05, 0) is 30.2 Å². The molecule has 2 aliphatic heterocycles. The van der Waals surface area contributed by atoms with Crippen LogP contribution in [-0.2, 0) is 16.0 Å². The Hall–Kier alpha value is -3.19. The van der Waals surface area contributed by atoms with Crippen LogP contribution in [0.15, 0.2) is 54.1 Å². The van der Waals surface area contributed by atoms with Gasteiger partial charge in [0.15, 0.2) is 5.78 Å². The van der Waals surface area contributed by atoms with E-state index in [1.807, 2.05) is 62.4 Å². The number of rotatable bonds is 4. The normalized spacial score (nSPS) is 22.2. The number of carboxylic acid groups (broad SMARTS) is 1. The number of nitrogens with zero attached hydrogens (tertiary/aromatic N) is 3. The Bertz CT molecular complexity index is 1010. The Morgan fingerprint density at radius 3 is 2.56 bits per heavy atom. The van der Waals surface area contributed by atoms with Crippen LogP contribution in [0.5, 0.6) is 0 Å². The number of morpholine rings is 1. The molecule has 0 bridgehead atoms. The second-order valence-electron chi connectivity index (χ2n) is 8.86. The Morgan fingerprint density at radius 1 is 1.16 bits per heavy atom. The van der Waals surface area contributed by atoms with E-state index < -0.39 is 17.6 Å². The highest BCUT2D eigenvalue weighted by Gasteiger charge is 2.47.